The van der Waals surface area contributed by atoms with E-state index < -0.39 is 6.10 Å². The van der Waals surface area contributed by atoms with Crippen LogP contribution in [-0.2, 0) is 4.74 Å². The van der Waals surface area contributed by atoms with Crippen molar-refractivity contribution in [3.05, 3.63) is 48.2 Å². The molecule has 0 aliphatic carbocycles. The molecule has 2 atom stereocenters. The Kier molecular flexibility index (Phi) is 3.72. The zero-order valence-electron chi connectivity index (χ0n) is 8.60. The second-order valence-corrected chi connectivity index (χ2v) is 3.29. The third-order valence-corrected chi connectivity index (χ3v) is 2.16. The molecule has 0 heterocycles. The van der Waals surface area contributed by atoms with Crippen molar-refractivity contribution in [1.29, 1.82) is 0 Å². The molecule has 1 aromatic rings. The largest absolute Gasteiger partial charge is 0.494 e. The summed E-state index contributed by atoms with van der Waals surface area (Å²) in [6.45, 7) is 7.21. The minimum Gasteiger partial charge on any atom is -0.494 e. The molecule has 0 saturated heterocycles. The van der Waals surface area contributed by atoms with Gasteiger partial charge in [-0.15, -0.1) is 0 Å². The van der Waals surface area contributed by atoms with E-state index in [-0.39, 0.29) is 6.10 Å². The molecule has 0 saturated carbocycles. The molecule has 0 bridgehead atoms. The van der Waals surface area contributed by atoms with Crippen molar-refractivity contribution >= 4 is 0 Å². The number of benzene rings is 1. The molecule has 0 radical (unpaired) electrons. The van der Waals surface area contributed by atoms with Gasteiger partial charge in [-0.25, -0.2) is 0 Å². The van der Waals surface area contributed by atoms with Gasteiger partial charge in [0.2, 0.25) is 0 Å². The van der Waals surface area contributed by atoms with Gasteiger partial charge in [0, 0.05) is 0 Å². The van der Waals surface area contributed by atoms with E-state index in [1.165, 1.54) is 6.26 Å². The molecule has 2 unspecified atom stereocenters. The van der Waals surface area contributed by atoms with E-state index in [4.69, 9.17) is 4.74 Å². The van der Waals surface area contributed by atoms with Gasteiger partial charge in [-0.05, 0) is 31.0 Å². The Morgan fingerprint density at radius 3 is 2.57 bits per heavy atom. The highest BCUT2D eigenvalue weighted by Crippen LogP contribution is 2.21. The first-order valence-corrected chi connectivity index (χ1v) is 4.69. The maximum Gasteiger partial charge on any atom is 0.120 e. The third kappa shape index (κ3) is 2.60. The Balaban J connectivity index is 2.87. The van der Waals surface area contributed by atoms with Crippen LogP contribution in [0.2, 0.25) is 0 Å². The number of ether oxygens (including phenoxy) is 1. The average Bonchev–Trinajstić information content (AvgIpc) is 2.18. The molecular weight excluding hydrogens is 176 g/mol. The van der Waals surface area contributed by atoms with Crippen molar-refractivity contribution in [3.8, 4) is 0 Å². The molecule has 76 valence electrons. The Labute approximate surface area is 84.8 Å². The summed E-state index contributed by atoms with van der Waals surface area (Å²) in [5, 5.41) is 9.40. The Morgan fingerprint density at radius 2 is 2.00 bits per heavy atom. The van der Waals surface area contributed by atoms with Crippen LogP contribution in [0.4, 0.5) is 0 Å². The minimum absolute atomic E-state index is 0.0220. The van der Waals surface area contributed by atoms with Crippen LogP contribution in [0.5, 0.6) is 0 Å². The van der Waals surface area contributed by atoms with E-state index in [0.29, 0.717) is 0 Å². The molecule has 0 amide bonds. The maximum atomic E-state index is 9.40. The van der Waals surface area contributed by atoms with Gasteiger partial charge in [-0.1, -0.05) is 24.8 Å². The van der Waals surface area contributed by atoms with Crippen molar-refractivity contribution in [3.63, 3.8) is 0 Å². The lowest BCUT2D eigenvalue weighted by atomic mass is 10.0. The summed E-state index contributed by atoms with van der Waals surface area (Å²) in [6.07, 6.45) is 0.969. The van der Waals surface area contributed by atoms with Crippen LogP contribution in [0.25, 0.3) is 0 Å². The van der Waals surface area contributed by atoms with Gasteiger partial charge in [0.1, 0.15) is 6.10 Å². The van der Waals surface area contributed by atoms with E-state index in [1.54, 1.807) is 6.92 Å². The standard InChI is InChI=1S/C12H16O2/c1-4-14-10(3)12-7-5-6-11(8-12)9(2)13/h4-10,13H,1H2,2-3H3. The van der Waals surface area contributed by atoms with Gasteiger partial charge in [-0.3, -0.25) is 0 Å². The van der Waals surface area contributed by atoms with Gasteiger partial charge in [0.15, 0.2) is 0 Å². The van der Waals surface area contributed by atoms with Gasteiger partial charge < -0.3 is 9.84 Å². The van der Waals surface area contributed by atoms with Gasteiger partial charge >= 0.3 is 0 Å². The van der Waals surface area contributed by atoms with Gasteiger partial charge in [0.25, 0.3) is 0 Å². The molecule has 14 heavy (non-hydrogen) atoms. The van der Waals surface area contributed by atoms with Crippen molar-refractivity contribution < 1.29 is 9.84 Å². The molecule has 1 aromatic carbocycles. The number of hydrogen-bond acceptors (Lipinski definition) is 2. The molecule has 0 aromatic heterocycles. The lowest BCUT2D eigenvalue weighted by Crippen LogP contribution is -1.98. The van der Waals surface area contributed by atoms with E-state index >= 15 is 0 Å². The number of hydrogen-bond donors (Lipinski definition) is 1. The van der Waals surface area contributed by atoms with Crippen molar-refractivity contribution in [2.75, 3.05) is 0 Å². The zero-order chi connectivity index (χ0) is 10.6. The zero-order valence-corrected chi connectivity index (χ0v) is 8.60. The van der Waals surface area contributed by atoms with Crippen LogP contribution in [0.3, 0.4) is 0 Å². The molecule has 1 N–H and O–H groups in total. The lowest BCUT2D eigenvalue weighted by molar-refractivity contribution is 0.164. The normalized spacial score (nSPS) is 14.5. The van der Waals surface area contributed by atoms with Crippen molar-refractivity contribution in [2.45, 2.75) is 26.1 Å². The van der Waals surface area contributed by atoms with Crippen molar-refractivity contribution in [1.82, 2.24) is 0 Å². The van der Waals surface area contributed by atoms with Crippen LogP contribution in [-0.4, -0.2) is 5.11 Å². The molecule has 2 heteroatoms. The quantitative estimate of drug-likeness (QED) is 0.743. The third-order valence-electron chi connectivity index (χ3n) is 2.16. The highest BCUT2D eigenvalue weighted by atomic mass is 16.5. The molecule has 0 spiro atoms. The second kappa shape index (κ2) is 4.82. The van der Waals surface area contributed by atoms with Gasteiger partial charge in [0.05, 0.1) is 12.4 Å². The second-order valence-electron chi connectivity index (χ2n) is 3.29. The summed E-state index contributed by atoms with van der Waals surface area (Å²) in [5.74, 6) is 0. The predicted octanol–water partition coefficient (Wildman–Crippen LogP) is 2.96. The van der Waals surface area contributed by atoms with Crippen LogP contribution in [0.1, 0.15) is 37.2 Å². The average molecular weight is 192 g/mol. The lowest BCUT2D eigenvalue weighted by Gasteiger charge is -2.13. The van der Waals surface area contributed by atoms with E-state index in [1.807, 2.05) is 31.2 Å². The highest BCUT2D eigenvalue weighted by molar-refractivity contribution is 5.26. The number of rotatable bonds is 4. The number of aliphatic hydroxyl groups excluding tert-OH is 1. The van der Waals surface area contributed by atoms with Crippen molar-refractivity contribution in [2.24, 2.45) is 0 Å². The summed E-state index contributed by atoms with van der Waals surface area (Å²) in [7, 11) is 0. The van der Waals surface area contributed by atoms with Crippen LogP contribution >= 0.6 is 0 Å². The molecule has 0 aliphatic heterocycles. The summed E-state index contributed by atoms with van der Waals surface area (Å²) >= 11 is 0. The molecule has 0 aliphatic rings. The first-order valence-electron chi connectivity index (χ1n) is 4.69. The summed E-state index contributed by atoms with van der Waals surface area (Å²) < 4.78 is 5.24. The fourth-order valence-corrected chi connectivity index (χ4v) is 1.29. The van der Waals surface area contributed by atoms with Crippen LogP contribution in [0.15, 0.2) is 37.1 Å². The van der Waals surface area contributed by atoms with E-state index in [2.05, 4.69) is 6.58 Å². The first kappa shape index (κ1) is 10.8. The van der Waals surface area contributed by atoms with Crippen LogP contribution < -0.4 is 0 Å². The SMILES string of the molecule is C=COC(C)c1cccc(C(C)O)c1. The fraction of sp³-hybridized carbons (Fsp3) is 0.333. The summed E-state index contributed by atoms with van der Waals surface area (Å²) in [4.78, 5) is 0. The molecule has 1 rings (SSSR count). The molecule has 2 nitrogen and oxygen atoms in total. The predicted molar refractivity (Wildman–Crippen MR) is 56.8 cm³/mol. The topological polar surface area (TPSA) is 29.5 Å². The fourth-order valence-electron chi connectivity index (χ4n) is 1.29. The summed E-state index contributed by atoms with van der Waals surface area (Å²) in [6, 6.07) is 7.73. The Bertz CT molecular complexity index is 305. The Morgan fingerprint density at radius 1 is 1.36 bits per heavy atom. The smallest absolute Gasteiger partial charge is 0.120 e. The monoisotopic (exact) mass is 192 g/mol. The first-order chi connectivity index (χ1) is 6.65. The van der Waals surface area contributed by atoms with Crippen LogP contribution in [0, 0.1) is 0 Å². The maximum absolute atomic E-state index is 9.40. The molecule has 0 fully saturated rings. The van der Waals surface area contributed by atoms with E-state index in [0.717, 1.165) is 11.1 Å². The Hall–Kier alpha value is -1.28. The number of aliphatic hydroxyl groups is 1. The summed E-state index contributed by atoms with van der Waals surface area (Å²) in [5.41, 5.74) is 1.95. The van der Waals surface area contributed by atoms with E-state index in [9.17, 15) is 5.11 Å². The minimum atomic E-state index is -0.439. The molecular formula is C12H16O2. The highest BCUT2D eigenvalue weighted by Gasteiger charge is 2.07. The van der Waals surface area contributed by atoms with Gasteiger partial charge in [-0.2, -0.15) is 0 Å².